The second-order valence-electron chi connectivity index (χ2n) is 8.14. The molecule has 0 aliphatic carbocycles. The molecule has 2 N–H and O–H groups in total. The molecule has 0 atom stereocenters. The van der Waals surface area contributed by atoms with Gasteiger partial charge in [0.2, 0.25) is 0 Å². The maximum atomic E-state index is 14.3. The molecule has 0 fully saturated rings. The van der Waals surface area contributed by atoms with Crippen LogP contribution in [0.1, 0.15) is 36.1 Å². The van der Waals surface area contributed by atoms with Crippen molar-refractivity contribution in [2.75, 3.05) is 4.90 Å². The molecule has 0 amide bonds. The predicted octanol–water partition coefficient (Wildman–Crippen LogP) is 8.78. The van der Waals surface area contributed by atoms with E-state index in [0.29, 0.717) is 12.1 Å². The van der Waals surface area contributed by atoms with E-state index in [1.165, 1.54) is 23.5 Å². The van der Waals surface area contributed by atoms with Crippen LogP contribution in [0.3, 0.4) is 0 Å². The largest absolute Gasteiger partial charge is 0.399 e. The van der Waals surface area contributed by atoms with E-state index in [9.17, 15) is 13.3 Å². The highest BCUT2D eigenvalue weighted by molar-refractivity contribution is 9.10. The number of halogens is 3. The molecule has 0 saturated carbocycles. The van der Waals surface area contributed by atoms with Crippen LogP contribution in [0, 0.1) is 13.8 Å². The van der Waals surface area contributed by atoms with Crippen molar-refractivity contribution in [3.8, 4) is 11.3 Å². The number of nitrogens with zero attached hydrogens (tertiary/aromatic N) is 2. The second-order valence-corrected chi connectivity index (χ2v) is 11.5. The Bertz CT molecular complexity index is 1410. The lowest BCUT2D eigenvalue weighted by molar-refractivity contribution is 0.0557. The molecule has 10 heteroatoms. The fourth-order valence-electron chi connectivity index (χ4n) is 3.53. The first kappa shape index (κ1) is 29.1. The van der Waals surface area contributed by atoms with Gasteiger partial charge in [-0.3, -0.25) is 4.57 Å². The molecule has 37 heavy (non-hydrogen) atoms. The molecule has 5 nitrogen and oxygen atoms in total. The van der Waals surface area contributed by atoms with E-state index in [2.05, 4.69) is 15.9 Å². The van der Waals surface area contributed by atoms with Crippen molar-refractivity contribution in [3.05, 3.63) is 98.8 Å². The molecule has 0 bridgehead atoms. The zero-order valence-corrected chi connectivity index (χ0v) is 24.1. The van der Waals surface area contributed by atoms with E-state index in [-0.39, 0.29) is 4.47 Å². The van der Waals surface area contributed by atoms with Gasteiger partial charge in [-0.05, 0) is 48.7 Å². The summed E-state index contributed by atoms with van der Waals surface area (Å²) < 4.78 is 39.8. The number of anilines is 2. The highest BCUT2D eigenvalue weighted by Gasteiger charge is 2.51. The molecule has 3 aromatic carbocycles. The van der Waals surface area contributed by atoms with E-state index in [1.807, 2.05) is 86.5 Å². The van der Waals surface area contributed by atoms with Crippen molar-refractivity contribution >= 4 is 45.7 Å². The fraction of sp³-hybridized carbons (Fsp3) is 0.222. The summed E-state index contributed by atoms with van der Waals surface area (Å²) in [4.78, 5) is 25.0. The highest BCUT2D eigenvalue weighted by Crippen LogP contribution is 2.60. The summed E-state index contributed by atoms with van der Waals surface area (Å²) in [6.45, 7) is 8.35. The van der Waals surface area contributed by atoms with Crippen molar-refractivity contribution in [2.45, 2.75) is 39.9 Å². The summed E-state index contributed by atoms with van der Waals surface area (Å²) in [6, 6.07) is 19.8. The van der Waals surface area contributed by atoms with Crippen molar-refractivity contribution in [3.63, 3.8) is 0 Å². The molecule has 196 valence electrons. The molecular weight excluding hydrogens is 581 g/mol. The Morgan fingerprint density at radius 3 is 2.27 bits per heavy atom. The fourth-order valence-corrected chi connectivity index (χ4v) is 5.72. The normalized spacial score (nSPS) is 11.6. The molecule has 0 saturated heterocycles. The molecule has 4 rings (SSSR count). The van der Waals surface area contributed by atoms with Crippen molar-refractivity contribution in [1.82, 2.24) is 4.98 Å². The molecule has 4 aromatic rings. The number of aromatic nitrogens is 1. The van der Waals surface area contributed by atoms with Crippen LogP contribution in [0.5, 0.6) is 0 Å². The van der Waals surface area contributed by atoms with Crippen LogP contribution in [-0.2, 0) is 16.8 Å². The van der Waals surface area contributed by atoms with Gasteiger partial charge in [0.1, 0.15) is 0 Å². The monoisotopic (exact) mass is 608 g/mol. The van der Waals surface area contributed by atoms with Gasteiger partial charge < -0.3 is 14.7 Å². The molecular formula is C27H28BrF2N2O3PS. The minimum atomic E-state index is -5.67. The molecule has 0 spiro atoms. The Labute approximate surface area is 228 Å². The van der Waals surface area contributed by atoms with E-state index < -0.39 is 18.8 Å². The summed E-state index contributed by atoms with van der Waals surface area (Å²) in [7, 11) is -5.67. The maximum Gasteiger partial charge on any atom is 0.399 e. The lowest BCUT2D eigenvalue weighted by atomic mass is 10.1. The number of thiazole rings is 1. The van der Waals surface area contributed by atoms with Crippen molar-refractivity contribution in [1.29, 1.82) is 0 Å². The highest BCUT2D eigenvalue weighted by atomic mass is 79.9. The average Bonchev–Trinajstić information content (AvgIpc) is 3.35. The van der Waals surface area contributed by atoms with Crippen LogP contribution in [-0.4, -0.2) is 14.8 Å². The van der Waals surface area contributed by atoms with Gasteiger partial charge in [0.05, 0.1) is 12.2 Å². The van der Waals surface area contributed by atoms with Gasteiger partial charge in [-0.1, -0.05) is 78.3 Å². The van der Waals surface area contributed by atoms with Crippen molar-refractivity contribution < 1.29 is 23.1 Å². The number of hydrogen-bond acceptors (Lipinski definition) is 4. The Kier molecular flexibility index (Phi) is 9.42. The molecule has 0 unspecified atom stereocenters. The van der Waals surface area contributed by atoms with E-state index in [0.717, 1.165) is 39.3 Å². The first-order valence-electron chi connectivity index (χ1n) is 11.6. The third-order valence-corrected chi connectivity index (χ3v) is 8.15. The second kappa shape index (κ2) is 12.0. The third-order valence-electron chi connectivity index (χ3n) is 5.66. The molecule has 0 radical (unpaired) electrons. The van der Waals surface area contributed by atoms with E-state index >= 15 is 0 Å². The number of alkyl halides is 2. The smallest absolute Gasteiger partial charge is 0.320 e. The number of aryl methyl sites for hydroxylation is 2. The van der Waals surface area contributed by atoms with Crippen LogP contribution in [0.2, 0.25) is 0 Å². The van der Waals surface area contributed by atoms with Crippen LogP contribution in [0.15, 0.2) is 76.6 Å². The lowest BCUT2D eigenvalue weighted by Crippen LogP contribution is -2.18. The predicted molar refractivity (Wildman–Crippen MR) is 151 cm³/mol. The Balaban J connectivity index is 0.00000186. The summed E-state index contributed by atoms with van der Waals surface area (Å²) in [5.74, 6) is 0. The van der Waals surface area contributed by atoms with Crippen LogP contribution in [0.25, 0.3) is 11.3 Å². The molecule has 0 aliphatic rings. The zero-order chi connectivity index (χ0) is 27.4. The Morgan fingerprint density at radius 2 is 1.68 bits per heavy atom. The molecule has 1 heterocycles. The minimum Gasteiger partial charge on any atom is -0.320 e. The van der Waals surface area contributed by atoms with Crippen molar-refractivity contribution in [2.24, 2.45) is 0 Å². The zero-order valence-electron chi connectivity index (χ0n) is 20.8. The van der Waals surface area contributed by atoms with E-state index in [4.69, 9.17) is 14.8 Å². The standard InChI is InChI=1S/C25H22BrF2N2O3PS.C2H6/c1-16-8-10-20(12-17(16)2)30(24-29-23(15-35-24)19-6-4-3-5-7-19)14-18-9-11-21(22(26)13-18)25(27,28)34(31,32)33;1-2/h3-13,15H,14H2,1-2H3,(H2,31,32,33);1-2H3. The summed E-state index contributed by atoms with van der Waals surface area (Å²) >= 11 is 4.55. The van der Waals surface area contributed by atoms with Crippen LogP contribution in [0.4, 0.5) is 19.6 Å². The summed E-state index contributed by atoms with van der Waals surface area (Å²) in [5.41, 5.74) is 0.569. The first-order chi connectivity index (χ1) is 17.5. The summed E-state index contributed by atoms with van der Waals surface area (Å²) in [6.07, 6.45) is 0. The van der Waals surface area contributed by atoms with Gasteiger partial charge in [0, 0.05) is 26.7 Å². The lowest BCUT2D eigenvalue weighted by Gasteiger charge is -2.24. The average molecular weight is 609 g/mol. The van der Waals surface area contributed by atoms with Gasteiger partial charge in [-0.25, -0.2) is 4.98 Å². The van der Waals surface area contributed by atoms with Gasteiger partial charge in [-0.2, -0.15) is 8.78 Å². The number of rotatable bonds is 7. The number of benzene rings is 3. The van der Waals surface area contributed by atoms with E-state index in [1.54, 1.807) is 0 Å². The quantitative estimate of drug-likeness (QED) is 0.205. The Hall–Kier alpha value is -2.42. The SMILES string of the molecule is CC.Cc1ccc(N(Cc2ccc(C(F)(F)P(=O)(O)O)c(Br)c2)c2nc(-c3ccccc3)cs2)cc1C. The summed E-state index contributed by atoms with van der Waals surface area (Å²) in [5, 5.41) is 2.70. The molecule has 0 aliphatic heterocycles. The number of hydrogen-bond donors (Lipinski definition) is 2. The van der Waals surface area contributed by atoms with Crippen LogP contribution >= 0.6 is 34.9 Å². The van der Waals surface area contributed by atoms with Gasteiger partial charge in [0.15, 0.2) is 5.13 Å². The van der Waals surface area contributed by atoms with Crippen LogP contribution < -0.4 is 4.90 Å². The van der Waals surface area contributed by atoms with Gasteiger partial charge in [-0.15, -0.1) is 11.3 Å². The Morgan fingerprint density at radius 1 is 1.00 bits per heavy atom. The molecule has 1 aromatic heterocycles. The van der Waals surface area contributed by atoms with Gasteiger partial charge >= 0.3 is 13.3 Å². The minimum absolute atomic E-state index is 0.0764. The topological polar surface area (TPSA) is 73.7 Å². The first-order valence-corrected chi connectivity index (χ1v) is 14.8. The maximum absolute atomic E-state index is 14.3. The third kappa shape index (κ3) is 6.54. The van der Waals surface area contributed by atoms with Gasteiger partial charge in [0.25, 0.3) is 0 Å².